The number of rotatable bonds is 7. The second kappa shape index (κ2) is 7.12. The zero-order valence-corrected chi connectivity index (χ0v) is 10.3. The number of nitrogens with one attached hydrogen (secondary N) is 1. The molecule has 4 heteroatoms. The molecule has 1 N–H and O–H groups in total. The largest absolute Gasteiger partial charge is 0.315 e. The van der Waals surface area contributed by atoms with Crippen LogP contribution in [0.1, 0.15) is 27.2 Å². The minimum atomic E-state index is -2.23. The van der Waals surface area contributed by atoms with Crippen LogP contribution in [0.15, 0.2) is 0 Å². The molecule has 0 bridgehead atoms. The summed E-state index contributed by atoms with van der Waals surface area (Å²) in [6, 6.07) is 0. The van der Waals surface area contributed by atoms with Crippen LogP contribution in [-0.4, -0.2) is 44.6 Å². The van der Waals surface area contributed by atoms with Gasteiger partial charge in [0.25, 0.3) is 6.43 Å². The van der Waals surface area contributed by atoms with Gasteiger partial charge in [-0.1, -0.05) is 20.8 Å². The van der Waals surface area contributed by atoms with Crippen LogP contribution in [0.2, 0.25) is 0 Å². The number of hydrogen-bond donors (Lipinski definition) is 1. The van der Waals surface area contributed by atoms with Gasteiger partial charge in [0.05, 0.1) is 6.54 Å². The molecule has 0 fully saturated rings. The second-order valence-electron chi connectivity index (χ2n) is 5.21. The molecule has 0 saturated heterocycles. The Bertz CT molecular complexity index is 155. The lowest BCUT2D eigenvalue weighted by Gasteiger charge is -2.19. The van der Waals surface area contributed by atoms with E-state index in [1.165, 1.54) is 0 Å². The number of nitrogens with zero attached hydrogens (tertiary/aromatic N) is 1. The van der Waals surface area contributed by atoms with Gasteiger partial charge < -0.3 is 5.32 Å². The molecule has 0 heterocycles. The molecule has 0 aromatic carbocycles. The predicted octanol–water partition coefficient (Wildman–Crippen LogP) is 2.21. The summed E-state index contributed by atoms with van der Waals surface area (Å²) in [6.45, 7) is 8.84. The average Bonchev–Trinajstić information content (AvgIpc) is 1.99. The number of hydrogen-bond acceptors (Lipinski definition) is 2. The quantitative estimate of drug-likeness (QED) is 0.664. The third-order valence-electron chi connectivity index (χ3n) is 2.17. The van der Waals surface area contributed by atoms with Gasteiger partial charge in [0.1, 0.15) is 0 Å². The van der Waals surface area contributed by atoms with Crippen molar-refractivity contribution >= 4 is 0 Å². The van der Waals surface area contributed by atoms with E-state index in [1.807, 2.05) is 0 Å². The molecular formula is C11H24F2N2. The molecule has 0 saturated carbocycles. The Morgan fingerprint density at radius 3 is 2.27 bits per heavy atom. The van der Waals surface area contributed by atoms with Crippen molar-refractivity contribution in [1.82, 2.24) is 10.2 Å². The molecule has 0 aliphatic rings. The Morgan fingerprint density at radius 2 is 1.80 bits per heavy atom. The zero-order valence-electron chi connectivity index (χ0n) is 10.3. The van der Waals surface area contributed by atoms with E-state index in [0.717, 1.165) is 19.5 Å². The second-order valence-corrected chi connectivity index (χ2v) is 5.21. The summed E-state index contributed by atoms with van der Waals surface area (Å²) in [7, 11) is 1.72. The molecule has 0 aromatic heterocycles. The Kier molecular flexibility index (Phi) is 7.02. The molecule has 15 heavy (non-hydrogen) atoms. The molecule has 92 valence electrons. The van der Waals surface area contributed by atoms with Crippen LogP contribution in [0.3, 0.4) is 0 Å². The van der Waals surface area contributed by atoms with Crippen molar-refractivity contribution < 1.29 is 8.78 Å². The molecule has 0 atom stereocenters. The summed E-state index contributed by atoms with van der Waals surface area (Å²) >= 11 is 0. The SMILES string of the molecule is CN(CCNCCC(C)(C)C)CC(F)F. The Labute approximate surface area is 92.0 Å². The van der Waals surface area contributed by atoms with Crippen molar-refractivity contribution in [3.05, 3.63) is 0 Å². The van der Waals surface area contributed by atoms with E-state index in [9.17, 15) is 8.78 Å². The summed E-state index contributed by atoms with van der Waals surface area (Å²) in [4.78, 5) is 1.65. The first kappa shape index (κ1) is 14.8. The maximum atomic E-state index is 12.0. The summed E-state index contributed by atoms with van der Waals surface area (Å²) in [5.41, 5.74) is 0.335. The van der Waals surface area contributed by atoms with E-state index in [4.69, 9.17) is 0 Å². The van der Waals surface area contributed by atoms with Gasteiger partial charge in [-0.25, -0.2) is 8.78 Å². The normalized spacial score (nSPS) is 12.8. The van der Waals surface area contributed by atoms with Gasteiger partial charge in [-0.05, 0) is 25.4 Å². The van der Waals surface area contributed by atoms with Crippen molar-refractivity contribution in [2.45, 2.75) is 33.6 Å². The summed E-state index contributed by atoms with van der Waals surface area (Å²) in [5.74, 6) is 0. The highest BCUT2D eigenvalue weighted by molar-refractivity contribution is 4.63. The molecular weight excluding hydrogens is 198 g/mol. The fourth-order valence-electron chi connectivity index (χ4n) is 1.19. The Morgan fingerprint density at radius 1 is 1.20 bits per heavy atom. The van der Waals surface area contributed by atoms with Crippen LogP contribution < -0.4 is 5.32 Å². The van der Waals surface area contributed by atoms with Crippen molar-refractivity contribution in [2.75, 3.05) is 33.2 Å². The van der Waals surface area contributed by atoms with E-state index in [-0.39, 0.29) is 6.54 Å². The fraction of sp³-hybridized carbons (Fsp3) is 1.00. The van der Waals surface area contributed by atoms with Gasteiger partial charge in [-0.2, -0.15) is 0 Å². The average molecular weight is 222 g/mol. The van der Waals surface area contributed by atoms with Gasteiger partial charge in [0, 0.05) is 13.1 Å². The number of halogens is 2. The van der Waals surface area contributed by atoms with Gasteiger partial charge in [-0.15, -0.1) is 0 Å². The number of likely N-dealkylation sites (N-methyl/N-ethyl adjacent to an activating group) is 1. The minimum Gasteiger partial charge on any atom is -0.315 e. The molecule has 0 spiro atoms. The standard InChI is InChI=1S/C11H24F2N2/c1-11(2,3)5-6-14-7-8-15(4)9-10(12)13/h10,14H,5-9H2,1-4H3. The molecule has 0 unspecified atom stereocenters. The van der Waals surface area contributed by atoms with E-state index in [2.05, 4.69) is 26.1 Å². The van der Waals surface area contributed by atoms with Gasteiger partial charge >= 0.3 is 0 Å². The Hall–Kier alpha value is -0.220. The van der Waals surface area contributed by atoms with Gasteiger partial charge in [0.15, 0.2) is 0 Å². The summed E-state index contributed by atoms with van der Waals surface area (Å²) in [6.07, 6.45) is -1.13. The van der Waals surface area contributed by atoms with Crippen LogP contribution in [0.25, 0.3) is 0 Å². The smallest absolute Gasteiger partial charge is 0.251 e. The molecule has 0 aliphatic heterocycles. The van der Waals surface area contributed by atoms with Crippen LogP contribution in [0.4, 0.5) is 8.78 Å². The highest BCUT2D eigenvalue weighted by Crippen LogP contribution is 2.16. The summed E-state index contributed by atoms with van der Waals surface area (Å²) in [5, 5.41) is 3.26. The van der Waals surface area contributed by atoms with Crippen LogP contribution in [0.5, 0.6) is 0 Å². The molecule has 0 aliphatic carbocycles. The predicted molar refractivity (Wildman–Crippen MR) is 60.4 cm³/mol. The lowest BCUT2D eigenvalue weighted by molar-refractivity contribution is 0.101. The number of alkyl halides is 2. The zero-order chi connectivity index (χ0) is 11.9. The van der Waals surface area contributed by atoms with E-state index < -0.39 is 6.43 Å². The first-order valence-corrected chi connectivity index (χ1v) is 5.49. The molecule has 0 radical (unpaired) electrons. The molecule has 0 amide bonds. The highest BCUT2D eigenvalue weighted by Gasteiger charge is 2.09. The van der Waals surface area contributed by atoms with Crippen molar-refractivity contribution in [3.8, 4) is 0 Å². The Balaban J connectivity index is 3.31. The van der Waals surface area contributed by atoms with E-state index in [0.29, 0.717) is 12.0 Å². The van der Waals surface area contributed by atoms with E-state index in [1.54, 1.807) is 11.9 Å². The molecule has 2 nitrogen and oxygen atoms in total. The van der Waals surface area contributed by atoms with Crippen LogP contribution in [0, 0.1) is 5.41 Å². The first-order valence-electron chi connectivity index (χ1n) is 5.49. The third-order valence-corrected chi connectivity index (χ3v) is 2.17. The monoisotopic (exact) mass is 222 g/mol. The maximum absolute atomic E-state index is 12.0. The minimum absolute atomic E-state index is 0.138. The van der Waals surface area contributed by atoms with E-state index >= 15 is 0 Å². The third kappa shape index (κ3) is 11.7. The van der Waals surface area contributed by atoms with Crippen LogP contribution in [-0.2, 0) is 0 Å². The fourth-order valence-corrected chi connectivity index (χ4v) is 1.19. The lowest BCUT2D eigenvalue weighted by Crippen LogP contribution is -2.33. The highest BCUT2D eigenvalue weighted by atomic mass is 19.3. The lowest BCUT2D eigenvalue weighted by atomic mass is 9.92. The summed E-state index contributed by atoms with van der Waals surface area (Å²) < 4.78 is 23.9. The van der Waals surface area contributed by atoms with Crippen molar-refractivity contribution in [1.29, 1.82) is 0 Å². The molecule has 0 aromatic rings. The molecule has 0 rings (SSSR count). The topological polar surface area (TPSA) is 15.3 Å². The van der Waals surface area contributed by atoms with Crippen molar-refractivity contribution in [2.24, 2.45) is 5.41 Å². The van der Waals surface area contributed by atoms with Gasteiger partial charge in [0.2, 0.25) is 0 Å². The van der Waals surface area contributed by atoms with Gasteiger partial charge in [-0.3, -0.25) is 4.90 Å². The van der Waals surface area contributed by atoms with Crippen molar-refractivity contribution in [3.63, 3.8) is 0 Å². The first-order chi connectivity index (χ1) is 6.81. The maximum Gasteiger partial charge on any atom is 0.251 e. The van der Waals surface area contributed by atoms with Crippen LogP contribution >= 0.6 is 0 Å².